The lowest BCUT2D eigenvalue weighted by Crippen LogP contribution is -2.48. The van der Waals surface area contributed by atoms with E-state index < -0.39 is 18.4 Å². The highest BCUT2D eigenvalue weighted by molar-refractivity contribution is 5.94. The predicted octanol–water partition coefficient (Wildman–Crippen LogP) is 3.52. The van der Waals surface area contributed by atoms with Gasteiger partial charge in [0.05, 0.1) is 18.0 Å². The quantitative estimate of drug-likeness (QED) is 0.511. The summed E-state index contributed by atoms with van der Waals surface area (Å²) >= 11 is 0. The van der Waals surface area contributed by atoms with E-state index >= 15 is 0 Å². The highest BCUT2D eigenvalue weighted by Gasteiger charge is 2.47. The van der Waals surface area contributed by atoms with E-state index in [2.05, 4.69) is 26.6 Å². The number of aromatic nitrogens is 3. The highest BCUT2D eigenvalue weighted by Crippen LogP contribution is 2.47. The van der Waals surface area contributed by atoms with Crippen LogP contribution in [0.1, 0.15) is 36.1 Å². The van der Waals surface area contributed by atoms with Gasteiger partial charge >= 0.3 is 6.09 Å². The minimum absolute atomic E-state index is 0.101. The number of alkyl halides is 1. The Balaban J connectivity index is 1.26. The first-order valence-electron chi connectivity index (χ1n) is 11.7. The molecule has 3 aromatic rings. The predicted molar refractivity (Wildman–Crippen MR) is 126 cm³/mol. The molecule has 2 fully saturated rings. The van der Waals surface area contributed by atoms with Gasteiger partial charge in [0.1, 0.15) is 23.7 Å². The summed E-state index contributed by atoms with van der Waals surface area (Å²) in [5, 5.41) is 29.3. The van der Waals surface area contributed by atoms with Gasteiger partial charge in [-0.2, -0.15) is 5.26 Å². The number of benzene rings is 1. The third-order valence-corrected chi connectivity index (χ3v) is 6.46. The molecule has 1 aromatic carbocycles. The van der Waals surface area contributed by atoms with Crippen LogP contribution in [0.2, 0.25) is 0 Å². The summed E-state index contributed by atoms with van der Waals surface area (Å²) in [6.45, 7) is 1.58. The molecule has 190 valence electrons. The van der Waals surface area contributed by atoms with Crippen LogP contribution in [0.25, 0.3) is 11.1 Å². The number of hydrogen-bond acceptors (Lipinski definition) is 8. The number of nitrogens with one attached hydrogen (secondary N) is 1. The third-order valence-electron chi connectivity index (χ3n) is 6.46. The second-order valence-electron chi connectivity index (χ2n) is 9.04. The van der Waals surface area contributed by atoms with E-state index in [1.165, 1.54) is 0 Å². The molecule has 0 radical (unpaired) electrons. The molecule has 5 rings (SSSR count). The molecule has 2 amide bonds. The van der Waals surface area contributed by atoms with E-state index in [0.29, 0.717) is 35.1 Å². The normalized spacial score (nSPS) is 22.7. The number of aryl methyl sites for hydroxylation is 1. The van der Waals surface area contributed by atoms with Gasteiger partial charge in [0.2, 0.25) is 17.7 Å². The number of anilines is 1. The second-order valence-corrected chi connectivity index (χ2v) is 9.04. The number of rotatable bonds is 6. The number of carboxylic acid groups (broad SMARTS) is 1. The van der Waals surface area contributed by atoms with Gasteiger partial charge in [0.25, 0.3) is 0 Å². The molecule has 1 aliphatic carbocycles. The Hall–Kier alpha value is -4.53. The lowest BCUT2D eigenvalue weighted by Gasteiger charge is -2.33. The molecule has 1 saturated heterocycles. The Morgan fingerprint density at radius 2 is 2.08 bits per heavy atom. The van der Waals surface area contributed by atoms with Crippen LogP contribution >= 0.6 is 0 Å². The standard InChI is InChI=1S/C25H23FN6O5/c1-13-30-31-24(36-13)18-10-17(18)23(33)29-22-9-15(4-6-28-22)14-2-3-20(16(8-14)11-27)37-21-5-7-32(25(34)35)12-19(21)26/h2-4,6,8-9,17-19,21H,5,7,10,12H2,1H3,(H,34,35)(H,28,29,33)/t17-,18-,19-,21+/m1/s1. The Morgan fingerprint density at radius 3 is 2.78 bits per heavy atom. The van der Waals surface area contributed by atoms with Crippen molar-refractivity contribution in [3.63, 3.8) is 0 Å². The Kier molecular flexibility index (Phi) is 6.43. The molecule has 4 atom stereocenters. The summed E-state index contributed by atoms with van der Waals surface area (Å²) in [5.41, 5.74) is 1.61. The van der Waals surface area contributed by atoms with E-state index in [4.69, 9.17) is 14.3 Å². The lowest BCUT2D eigenvalue weighted by molar-refractivity contribution is -0.117. The zero-order valence-electron chi connectivity index (χ0n) is 19.8. The number of carbonyl (C=O) groups is 2. The van der Waals surface area contributed by atoms with Crippen molar-refractivity contribution in [1.29, 1.82) is 5.26 Å². The van der Waals surface area contributed by atoms with Gasteiger partial charge in [-0.05, 0) is 41.8 Å². The molecule has 0 unspecified atom stereocenters. The smallest absolute Gasteiger partial charge is 0.407 e. The van der Waals surface area contributed by atoms with Gasteiger partial charge in [0.15, 0.2) is 6.17 Å². The van der Waals surface area contributed by atoms with Crippen LogP contribution in [0.4, 0.5) is 15.0 Å². The maximum absolute atomic E-state index is 14.5. The molecular weight excluding hydrogens is 483 g/mol. The fraction of sp³-hybridized carbons (Fsp3) is 0.360. The number of pyridine rings is 1. The number of piperidine rings is 1. The Bertz CT molecular complexity index is 1390. The molecule has 0 spiro atoms. The summed E-state index contributed by atoms with van der Waals surface area (Å²) in [5.74, 6) is 0.931. The number of likely N-dealkylation sites (tertiary alicyclic amines) is 1. The molecule has 0 bridgehead atoms. The molecule has 1 saturated carbocycles. The fourth-order valence-electron chi connectivity index (χ4n) is 4.37. The van der Waals surface area contributed by atoms with E-state index in [0.717, 1.165) is 4.90 Å². The molecular formula is C25H23FN6O5. The number of ether oxygens (including phenoxy) is 1. The van der Waals surface area contributed by atoms with E-state index in [1.54, 1.807) is 43.5 Å². The van der Waals surface area contributed by atoms with Gasteiger partial charge in [-0.15, -0.1) is 10.2 Å². The van der Waals surface area contributed by atoms with Gasteiger partial charge in [-0.1, -0.05) is 6.07 Å². The molecule has 12 heteroatoms. The average Bonchev–Trinajstić information content (AvgIpc) is 3.58. The number of amides is 2. The minimum atomic E-state index is -1.50. The lowest BCUT2D eigenvalue weighted by atomic mass is 10.0. The summed E-state index contributed by atoms with van der Waals surface area (Å²) in [7, 11) is 0. The molecule has 37 heavy (non-hydrogen) atoms. The van der Waals surface area contributed by atoms with Crippen molar-refractivity contribution in [2.45, 2.75) is 38.0 Å². The first-order chi connectivity index (χ1) is 17.8. The zero-order chi connectivity index (χ0) is 26.1. The van der Waals surface area contributed by atoms with Crippen LogP contribution < -0.4 is 10.1 Å². The number of nitrogens with zero attached hydrogens (tertiary/aromatic N) is 5. The summed E-state index contributed by atoms with van der Waals surface area (Å²) in [6.07, 6.45) is -1.17. The number of carbonyl (C=O) groups excluding carboxylic acids is 1. The second kappa shape index (κ2) is 9.85. The van der Waals surface area contributed by atoms with Crippen LogP contribution in [0.5, 0.6) is 5.75 Å². The van der Waals surface area contributed by atoms with Gasteiger partial charge in [0, 0.05) is 32.0 Å². The zero-order valence-corrected chi connectivity index (χ0v) is 19.8. The topological polar surface area (TPSA) is 154 Å². The fourth-order valence-corrected chi connectivity index (χ4v) is 4.37. The maximum atomic E-state index is 14.5. The number of nitriles is 1. The first kappa shape index (κ1) is 24.2. The van der Waals surface area contributed by atoms with Crippen molar-refractivity contribution in [3.05, 3.63) is 53.9 Å². The van der Waals surface area contributed by atoms with Crippen molar-refractivity contribution in [1.82, 2.24) is 20.1 Å². The Morgan fingerprint density at radius 1 is 1.27 bits per heavy atom. The largest absolute Gasteiger partial charge is 0.486 e. The molecule has 2 aromatic heterocycles. The van der Waals surface area contributed by atoms with Crippen molar-refractivity contribution in [2.75, 3.05) is 18.4 Å². The van der Waals surface area contributed by atoms with E-state index in [1.807, 2.05) is 0 Å². The minimum Gasteiger partial charge on any atom is -0.486 e. The summed E-state index contributed by atoms with van der Waals surface area (Å²) < 4.78 is 25.7. The first-order valence-corrected chi connectivity index (χ1v) is 11.7. The summed E-state index contributed by atoms with van der Waals surface area (Å²) in [6, 6.07) is 10.4. The van der Waals surface area contributed by atoms with Crippen molar-refractivity contribution in [2.24, 2.45) is 5.92 Å². The Labute approximate surface area is 210 Å². The van der Waals surface area contributed by atoms with Gasteiger partial charge < -0.3 is 24.5 Å². The van der Waals surface area contributed by atoms with Gasteiger partial charge in [-0.3, -0.25) is 4.79 Å². The van der Waals surface area contributed by atoms with Crippen molar-refractivity contribution < 1.29 is 28.2 Å². The van der Waals surface area contributed by atoms with E-state index in [-0.39, 0.29) is 48.6 Å². The SMILES string of the molecule is Cc1nnc([C@@H]2C[C@H]2C(=O)Nc2cc(-c3ccc(O[C@H]4CCN(C(=O)O)C[C@H]4F)c(C#N)c3)ccn2)o1. The van der Waals surface area contributed by atoms with Crippen molar-refractivity contribution >= 4 is 17.8 Å². The van der Waals surface area contributed by atoms with E-state index in [9.17, 15) is 19.2 Å². The molecule has 11 nitrogen and oxygen atoms in total. The highest BCUT2D eigenvalue weighted by atomic mass is 19.1. The van der Waals surface area contributed by atoms with Crippen molar-refractivity contribution in [3.8, 4) is 22.9 Å². The van der Waals surface area contributed by atoms with Crippen LogP contribution in [0.15, 0.2) is 40.9 Å². The van der Waals surface area contributed by atoms with Gasteiger partial charge in [-0.25, -0.2) is 14.2 Å². The average molecular weight is 506 g/mol. The maximum Gasteiger partial charge on any atom is 0.407 e. The van der Waals surface area contributed by atoms with Crippen LogP contribution in [0, 0.1) is 24.2 Å². The van der Waals surface area contributed by atoms with Crippen LogP contribution in [-0.4, -0.2) is 62.6 Å². The third kappa shape index (κ3) is 5.20. The van der Waals surface area contributed by atoms with Crippen LogP contribution in [0.3, 0.4) is 0 Å². The number of hydrogen-bond donors (Lipinski definition) is 2. The monoisotopic (exact) mass is 506 g/mol. The number of halogens is 1. The molecule has 1 aliphatic heterocycles. The van der Waals surface area contributed by atoms with Crippen LogP contribution in [-0.2, 0) is 4.79 Å². The molecule has 2 aliphatic rings. The molecule has 2 N–H and O–H groups in total. The molecule has 3 heterocycles. The summed E-state index contributed by atoms with van der Waals surface area (Å²) in [4.78, 5) is 29.0.